The zero-order valence-electron chi connectivity index (χ0n) is 8.54. The summed E-state index contributed by atoms with van der Waals surface area (Å²) in [6.07, 6.45) is 12.1. The van der Waals surface area contributed by atoms with Crippen LogP contribution < -0.4 is 0 Å². The molecule has 0 atom stereocenters. The van der Waals surface area contributed by atoms with E-state index in [0.717, 1.165) is 24.7 Å². The van der Waals surface area contributed by atoms with Crippen molar-refractivity contribution in [3.63, 3.8) is 0 Å². The molecule has 2 aliphatic carbocycles. The molecule has 0 radical (unpaired) electrons. The third-order valence-electron chi connectivity index (χ3n) is 4.06. The van der Waals surface area contributed by atoms with Crippen molar-refractivity contribution < 1.29 is 5.11 Å². The zero-order valence-corrected chi connectivity index (χ0v) is 8.54. The van der Waals surface area contributed by atoms with E-state index in [0.29, 0.717) is 0 Å². The van der Waals surface area contributed by atoms with E-state index in [4.69, 9.17) is 0 Å². The zero-order chi connectivity index (χ0) is 9.10. The Morgan fingerprint density at radius 1 is 0.615 bits per heavy atom. The molecule has 2 aliphatic rings. The second kappa shape index (κ2) is 4.45. The fourth-order valence-electron chi connectivity index (χ4n) is 3.18. The molecule has 0 heterocycles. The van der Waals surface area contributed by atoms with Gasteiger partial charge in [0.25, 0.3) is 0 Å². The van der Waals surface area contributed by atoms with Crippen LogP contribution in [0, 0.1) is 11.8 Å². The number of aliphatic hydroxyl groups excluding tert-OH is 1. The van der Waals surface area contributed by atoms with Crippen LogP contribution in [0.4, 0.5) is 0 Å². The summed E-state index contributed by atoms with van der Waals surface area (Å²) in [5, 5.41) is 9.43. The minimum Gasteiger partial charge on any atom is -0.393 e. The largest absolute Gasteiger partial charge is 0.393 e. The van der Waals surface area contributed by atoms with Gasteiger partial charge in [0.2, 0.25) is 0 Å². The second-order valence-corrected chi connectivity index (χ2v) is 4.97. The first-order valence-corrected chi connectivity index (χ1v) is 6.04. The van der Waals surface area contributed by atoms with Crippen molar-refractivity contribution in [1.82, 2.24) is 0 Å². The van der Waals surface area contributed by atoms with Gasteiger partial charge < -0.3 is 5.11 Å². The van der Waals surface area contributed by atoms with E-state index in [1.165, 1.54) is 44.9 Å². The normalized spacial score (nSPS) is 37.6. The Balaban J connectivity index is 1.79. The third-order valence-corrected chi connectivity index (χ3v) is 4.06. The van der Waals surface area contributed by atoms with Crippen molar-refractivity contribution in [3.05, 3.63) is 0 Å². The fourth-order valence-corrected chi connectivity index (χ4v) is 3.18. The summed E-state index contributed by atoms with van der Waals surface area (Å²) >= 11 is 0. The van der Waals surface area contributed by atoms with Gasteiger partial charge in [-0.2, -0.15) is 0 Å². The van der Waals surface area contributed by atoms with E-state index in [1.54, 1.807) is 0 Å². The Bertz CT molecular complexity index is 141. The van der Waals surface area contributed by atoms with Crippen LogP contribution in [-0.4, -0.2) is 11.2 Å². The summed E-state index contributed by atoms with van der Waals surface area (Å²) in [6.45, 7) is 0. The van der Waals surface area contributed by atoms with E-state index in [-0.39, 0.29) is 6.10 Å². The van der Waals surface area contributed by atoms with Gasteiger partial charge in [0.15, 0.2) is 0 Å². The molecule has 0 aromatic heterocycles. The van der Waals surface area contributed by atoms with Crippen molar-refractivity contribution in [1.29, 1.82) is 0 Å². The van der Waals surface area contributed by atoms with Crippen LogP contribution in [0.25, 0.3) is 0 Å². The Hall–Kier alpha value is -0.0400. The molecule has 0 unspecified atom stereocenters. The van der Waals surface area contributed by atoms with Crippen LogP contribution in [0.15, 0.2) is 0 Å². The molecule has 2 rings (SSSR count). The van der Waals surface area contributed by atoms with Gasteiger partial charge in [0, 0.05) is 0 Å². The van der Waals surface area contributed by atoms with Crippen LogP contribution in [0.3, 0.4) is 0 Å². The van der Waals surface area contributed by atoms with E-state index < -0.39 is 0 Å². The molecular formula is C12H22O. The molecule has 0 saturated heterocycles. The standard InChI is InChI=1S/C12H22O/c13-12-8-6-11(7-9-12)10-4-2-1-3-5-10/h10-13H,1-9H2/t11-,12-. The van der Waals surface area contributed by atoms with Gasteiger partial charge in [-0.3, -0.25) is 0 Å². The van der Waals surface area contributed by atoms with Crippen LogP contribution in [-0.2, 0) is 0 Å². The summed E-state index contributed by atoms with van der Waals surface area (Å²) in [4.78, 5) is 0. The SMILES string of the molecule is O[C@H]1CC[C@H](C2CCCCC2)CC1. The minimum absolute atomic E-state index is 0.0276. The molecule has 13 heavy (non-hydrogen) atoms. The molecule has 1 N–H and O–H groups in total. The van der Waals surface area contributed by atoms with Gasteiger partial charge >= 0.3 is 0 Å². The van der Waals surface area contributed by atoms with E-state index in [1.807, 2.05) is 0 Å². The highest BCUT2D eigenvalue weighted by molar-refractivity contribution is 4.79. The molecule has 0 bridgehead atoms. The maximum atomic E-state index is 9.43. The van der Waals surface area contributed by atoms with Crippen molar-refractivity contribution in [2.45, 2.75) is 63.9 Å². The van der Waals surface area contributed by atoms with Gasteiger partial charge in [-0.05, 0) is 37.5 Å². The maximum Gasteiger partial charge on any atom is 0.0540 e. The molecule has 0 aromatic rings. The summed E-state index contributed by atoms with van der Waals surface area (Å²) < 4.78 is 0. The van der Waals surface area contributed by atoms with Crippen LogP contribution in [0.1, 0.15) is 57.8 Å². The average molecular weight is 182 g/mol. The molecule has 0 amide bonds. The predicted molar refractivity (Wildman–Crippen MR) is 54.5 cm³/mol. The quantitative estimate of drug-likeness (QED) is 0.660. The van der Waals surface area contributed by atoms with Gasteiger partial charge in [-0.25, -0.2) is 0 Å². The van der Waals surface area contributed by atoms with Gasteiger partial charge in [-0.15, -0.1) is 0 Å². The third kappa shape index (κ3) is 2.46. The average Bonchev–Trinajstić information content (AvgIpc) is 2.20. The van der Waals surface area contributed by atoms with Crippen molar-refractivity contribution in [2.24, 2.45) is 11.8 Å². The summed E-state index contributed by atoms with van der Waals surface area (Å²) in [5.41, 5.74) is 0. The summed E-state index contributed by atoms with van der Waals surface area (Å²) in [5.74, 6) is 1.98. The molecular weight excluding hydrogens is 160 g/mol. The first-order chi connectivity index (χ1) is 6.36. The summed E-state index contributed by atoms with van der Waals surface area (Å²) in [6, 6.07) is 0. The van der Waals surface area contributed by atoms with Crippen molar-refractivity contribution >= 4 is 0 Å². The lowest BCUT2D eigenvalue weighted by molar-refractivity contribution is 0.0822. The van der Waals surface area contributed by atoms with Crippen LogP contribution >= 0.6 is 0 Å². The van der Waals surface area contributed by atoms with Crippen LogP contribution in [0.5, 0.6) is 0 Å². The van der Waals surface area contributed by atoms with E-state index >= 15 is 0 Å². The lowest BCUT2D eigenvalue weighted by Crippen LogP contribution is -2.25. The van der Waals surface area contributed by atoms with E-state index in [9.17, 15) is 5.11 Å². The lowest BCUT2D eigenvalue weighted by Gasteiger charge is -2.34. The molecule has 1 heteroatoms. The number of hydrogen-bond acceptors (Lipinski definition) is 1. The molecule has 2 fully saturated rings. The van der Waals surface area contributed by atoms with Crippen molar-refractivity contribution in [3.8, 4) is 0 Å². The van der Waals surface area contributed by atoms with Gasteiger partial charge in [-0.1, -0.05) is 32.1 Å². The molecule has 1 nitrogen and oxygen atoms in total. The highest BCUT2D eigenvalue weighted by atomic mass is 16.3. The number of aliphatic hydroxyl groups is 1. The van der Waals surface area contributed by atoms with E-state index in [2.05, 4.69) is 0 Å². The fraction of sp³-hybridized carbons (Fsp3) is 1.00. The van der Waals surface area contributed by atoms with Crippen molar-refractivity contribution in [2.75, 3.05) is 0 Å². The molecule has 0 spiro atoms. The number of hydrogen-bond donors (Lipinski definition) is 1. The van der Waals surface area contributed by atoms with Gasteiger partial charge in [0.05, 0.1) is 6.10 Å². The topological polar surface area (TPSA) is 20.2 Å². The highest BCUT2D eigenvalue weighted by Gasteiger charge is 2.27. The second-order valence-electron chi connectivity index (χ2n) is 4.97. The minimum atomic E-state index is 0.0276. The molecule has 76 valence electrons. The predicted octanol–water partition coefficient (Wildman–Crippen LogP) is 3.12. The Labute approximate surface area is 81.5 Å². The van der Waals surface area contributed by atoms with Gasteiger partial charge in [0.1, 0.15) is 0 Å². The smallest absolute Gasteiger partial charge is 0.0540 e. The molecule has 0 aromatic carbocycles. The monoisotopic (exact) mass is 182 g/mol. The highest BCUT2D eigenvalue weighted by Crippen LogP contribution is 2.38. The Morgan fingerprint density at radius 3 is 1.77 bits per heavy atom. The maximum absolute atomic E-state index is 9.43. The lowest BCUT2D eigenvalue weighted by atomic mass is 9.73. The first-order valence-electron chi connectivity index (χ1n) is 6.04. The Morgan fingerprint density at radius 2 is 1.15 bits per heavy atom. The number of rotatable bonds is 1. The molecule has 2 saturated carbocycles. The first kappa shape index (κ1) is 9.51. The molecule has 0 aliphatic heterocycles. The van der Waals surface area contributed by atoms with Crippen LogP contribution in [0.2, 0.25) is 0 Å². The Kier molecular flexibility index (Phi) is 3.26. The summed E-state index contributed by atoms with van der Waals surface area (Å²) in [7, 11) is 0.